The summed E-state index contributed by atoms with van der Waals surface area (Å²) in [5.74, 6) is -0.621. The molecule has 0 amide bonds. The van der Waals surface area contributed by atoms with Gasteiger partial charge < -0.3 is 10.4 Å². The molecular weight excluding hydrogens is 268 g/mol. The van der Waals surface area contributed by atoms with Crippen molar-refractivity contribution >= 4 is 21.6 Å². The summed E-state index contributed by atoms with van der Waals surface area (Å²) in [5.41, 5.74) is 0.692. The van der Waals surface area contributed by atoms with Gasteiger partial charge in [-0.2, -0.15) is 0 Å². The zero-order chi connectivity index (χ0) is 14.0. The van der Waals surface area contributed by atoms with Crippen LogP contribution >= 0.6 is 0 Å². The number of nitrogens with zero attached hydrogens (tertiary/aromatic N) is 1. The SMILES string of the molecule is Cc1ccnc(NCC2CCCS2(=O)=O)c1C(=O)O. The lowest BCUT2D eigenvalue weighted by atomic mass is 10.1. The molecule has 2 N–H and O–H groups in total. The molecule has 1 aromatic heterocycles. The number of carbonyl (C=O) groups is 1. The van der Waals surface area contributed by atoms with Gasteiger partial charge in [-0.25, -0.2) is 18.2 Å². The minimum atomic E-state index is -3.04. The number of pyridine rings is 1. The highest BCUT2D eigenvalue weighted by atomic mass is 32.2. The van der Waals surface area contributed by atoms with Crippen LogP contribution in [0.1, 0.15) is 28.8 Å². The lowest BCUT2D eigenvalue weighted by molar-refractivity contribution is 0.0697. The van der Waals surface area contributed by atoms with Gasteiger partial charge in [-0.3, -0.25) is 0 Å². The molecule has 1 unspecified atom stereocenters. The van der Waals surface area contributed by atoms with Crippen molar-refractivity contribution in [2.45, 2.75) is 25.0 Å². The summed E-state index contributed by atoms with van der Waals surface area (Å²) in [7, 11) is -3.04. The molecule has 2 rings (SSSR count). The number of carboxylic acids is 1. The van der Waals surface area contributed by atoms with Crippen molar-refractivity contribution in [3.63, 3.8) is 0 Å². The molecule has 0 aromatic carbocycles. The first-order chi connectivity index (χ1) is 8.92. The van der Waals surface area contributed by atoms with E-state index < -0.39 is 21.1 Å². The van der Waals surface area contributed by atoms with E-state index >= 15 is 0 Å². The third kappa shape index (κ3) is 2.86. The van der Waals surface area contributed by atoms with Gasteiger partial charge in [-0.1, -0.05) is 0 Å². The molecule has 0 aliphatic carbocycles. The van der Waals surface area contributed by atoms with E-state index in [9.17, 15) is 13.2 Å². The Kier molecular flexibility index (Phi) is 3.75. The Balaban J connectivity index is 2.16. The number of rotatable bonds is 4. The van der Waals surface area contributed by atoms with E-state index in [2.05, 4.69) is 10.3 Å². The minimum Gasteiger partial charge on any atom is -0.478 e. The van der Waals surface area contributed by atoms with Crippen LogP contribution in [-0.4, -0.2) is 42.0 Å². The molecule has 1 atom stereocenters. The fourth-order valence-corrected chi connectivity index (χ4v) is 4.03. The number of aryl methyl sites for hydroxylation is 1. The summed E-state index contributed by atoms with van der Waals surface area (Å²) in [5, 5.41) is 11.6. The minimum absolute atomic E-state index is 0.0953. The van der Waals surface area contributed by atoms with Gasteiger partial charge in [0, 0.05) is 12.7 Å². The lowest BCUT2D eigenvalue weighted by Crippen LogP contribution is -2.26. The van der Waals surface area contributed by atoms with Crippen molar-refractivity contribution < 1.29 is 18.3 Å². The summed E-state index contributed by atoms with van der Waals surface area (Å²) < 4.78 is 23.4. The molecular formula is C12H16N2O4S. The zero-order valence-electron chi connectivity index (χ0n) is 10.6. The number of aromatic nitrogens is 1. The van der Waals surface area contributed by atoms with Gasteiger partial charge in [-0.05, 0) is 31.4 Å². The van der Waals surface area contributed by atoms with Crippen molar-refractivity contribution in [1.29, 1.82) is 0 Å². The molecule has 7 heteroatoms. The second-order valence-corrected chi connectivity index (χ2v) is 7.07. The average molecular weight is 284 g/mol. The Morgan fingerprint density at radius 3 is 2.89 bits per heavy atom. The average Bonchev–Trinajstić information content (AvgIpc) is 2.65. The molecule has 0 saturated carbocycles. The van der Waals surface area contributed by atoms with Crippen LogP contribution in [0.25, 0.3) is 0 Å². The van der Waals surface area contributed by atoms with Gasteiger partial charge >= 0.3 is 5.97 Å². The molecule has 1 aromatic rings. The Morgan fingerprint density at radius 2 is 2.32 bits per heavy atom. The van der Waals surface area contributed by atoms with Gasteiger partial charge in [0.15, 0.2) is 9.84 Å². The van der Waals surface area contributed by atoms with Gasteiger partial charge in [0.1, 0.15) is 11.4 Å². The number of anilines is 1. The highest BCUT2D eigenvalue weighted by molar-refractivity contribution is 7.92. The Labute approximate surface area is 111 Å². The summed E-state index contributed by atoms with van der Waals surface area (Å²) in [4.78, 5) is 15.2. The maximum atomic E-state index is 11.7. The van der Waals surface area contributed by atoms with E-state index in [-0.39, 0.29) is 23.7 Å². The molecule has 104 valence electrons. The van der Waals surface area contributed by atoms with Crippen molar-refractivity contribution in [1.82, 2.24) is 4.98 Å². The van der Waals surface area contributed by atoms with E-state index in [0.717, 1.165) is 0 Å². The van der Waals surface area contributed by atoms with Crippen molar-refractivity contribution in [3.8, 4) is 0 Å². The van der Waals surface area contributed by atoms with Gasteiger partial charge in [0.2, 0.25) is 0 Å². The number of sulfone groups is 1. The first-order valence-electron chi connectivity index (χ1n) is 6.06. The van der Waals surface area contributed by atoms with Gasteiger partial charge in [0.25, 0.3) is 0 Å². The van der Waals surface area contributed by atoms with Crippen LogP contribution < -0.4 is 5.32 Å². The number of aromatic carboxylic acids is 1. The van der Waals surface area contributed by atoms with Crippen molar-refractivity contribution in [2.24, 2.45) is 0 Å². The van der Waals surface area contributed by atoms with Crippen molar-refractivity contribution in [3.05, 3.63) is 23.4 Å². The molecule has 19 heavy (non-hydrogen) atoms. The van der Waals surface area contributed by atoms with Crippen LogP contribution in [0.3, 0.4) is 0 Å². The second kappa shape index (κ2) is 5.16. The summed E-state index contributed by atoms with van der Waals surface area (Å²) >= 11 is 0. The highest BCUT2D eigenvalue weighted by Crippen LogP contribution is 2.22. The van der Waals surface area contributed by atoms with Crippen molar-refractivity contribution in [2.75, 3.05) is 17.6 Å². The second-order valence-electron chi connectivity index (χ2n) is 4.67. The van der Waals surface area contributed by atoms with Crippen LogP contribution in [0.5, 0.6) is 0 Å². The van der Waals surface area contributed by atoms with E-state index in [1.807, 2.05) is 0 Å². The first-order valence-corrected chi connectivity index (χ1v) is 7.77. The van der Waals surface area contributed by atoms with Crippen LogP contribution in [0.4, 0.5) is 5.82 Å². The van der Waals surface area contributed by atoms with E-state index in [1.54, 1.807) is 13.0 Å². The topological polar surface area (TPSA) is 96.4 Å². The molecule has 0 spiro atoms. The molecule has 1 fully saturated rings. The van der Waals surface area contributed by atoms with Crippen LogP contribution in [-0.2, 0) is 9.84 Å². The predicted molar refractivity (Wildman–Crippen MR) is 71.2 cm³/mol. The monoisotopic (exact) mass is 284 g/mol. The molecule has 2 heterocycles. The third-order valence-corrected chi connectivity index (χ3v) is 5.61. The number of carboxylic acid groups (broad SMARTS) is 1. The highest BCUT2D eigenvalue weighted by Gasteiger charge is 2.31. The molecule has 1 saturated heterocycles. The number of nitrogens with one attached hydrogen (secondary N) is 1. The Bertz CT molecular complexity index is 598. The molecule has 1 aliphatic heterocycles. The summed E-state index contributed by atoms with van der Waals surface area (Å²) in [6.07, 6.45) is 2.79. The van der Waals surface area contributed by atoms with Crippen LogP contribution in [0.15, 0.2) is 12.3 Å². The largest absolute Gasteiger partial charge is 0.478 e. The quantitative estimate of drug-likeness (QED) is 0.858. The first kappa shape index (κ1) is 13.8. The van der Waals surface area contributed by atoms with Gasteiger partial charge in [-0.15, -0.1) is 0 Å². The zero-order valence-corrected chi connectivity index (χ0v) is 11.4. The smallest absolute Gasteiger partial charge is 0.339 e. The predicted octanol–water partition coefficient (Wildman–Crippen LogP) is 1.08. The van der Waals surface area contributed by atoms with Gasteiger partial charge in [0.05, 0.1) is 11.0 Å². The Hall–Kier alpha value is -1.63. The number of hydrogen-bond donors (Lipinski definition) is 2. The number of hydrogen-bond acceptors (Lipinski definition) is 5. The molecule has 0 bridgehead atoms. The molecule has 6 nitrogen and oxygen atoms in total. The standard InChI is InChI=1S/C12H16N2O4S/c1-8-4-5-13-11(10(8)12(15)16)14-7-9-3-2-6-19(9,17)18/h4-5,9H,2-3,6-7H2,1H3,(H,13,14)(H,15,16). The van der Waals surface area contributed by atoms with E-state index in [0.29, 0.717) is 18.4 Å². The summed E-state index contributed by atoms with van der Waals surface area (Å²) in [6, 6.07) is 1.61. The molecule has 0 radical (unpaired) electrons. The summed E-state index contributed by atoms with van der Waals surface area (Å²) in [6.45, 7) is 1.89. The van der Waals surface area contributed by atoms with E-state index in [1.165, 1.54) is 6.20 Å². The fourth-order valence-electron chi connectivity index (χ4n) is 2.26. The van der Waals surface area contributed by atoms with E-state index in [4.69, 9.17) is 5.11 Å². The molecule has 1 aliphatic rings. The van der Waals surface area contributed by atoms with Crippen LogP contribution in [0.2, 0.25) is 0 Å². The van der Waals surface area contributed by atoms with Crippen LogP contribution in [0, 0.1) is 6.92 Å². The normalized spacial score (nSPS) is 21.2. The maximum Gasteiger partial charge on any atom is 0.339 e. The maximum absolute atomic E-state index is 11.7. The fraction of sp³-hybridized carbons (Fsp3) is 0.500. The third-order valence-electron chi connectivity index (χ3n) is 3.33. The Morgan fingerprint density at radius 1 is 1.58 bits per heavy atom. The lowest BCUT2D eigenvalue weighted by Gasteiger charge is -2.13.